The molecule has 0 fully saturated rings. The number of benzene rings is 1. The third-order valence-electron chi connectivity index (χ3n) is 2.50. The molecule has 0 saturated carbocycles. The minimum atomic E-state index is -0.476. The van der Waals surface area contributed by atoms with Gasteiger partial charge in [0, 0.05) is 5.75 Å². The predicted octanol–water partition coefficient (Wildman–Crippen LogP) is 2.06. The highest BCUT2D eigenvalue weighted by Crippen LogP contribution is 2.14. The van der Waals surface area contributed by atoms with Crippen molar-refractivity contribution in [1.29, 1.82) is 0 Å². The van der Waals surface area contributed by atoms with E-state index in [1.165, 1.54) is 0 Å². The maximum absolute atomic E-state index is 12.0. The van der Waals surface area contributed by atoms with Gasteiger partial charge in [-0.25, -0.2) is 0 Å². The first-order chi connectivity index (χ1) is 8.79. The molecule has 1 atom stereocenters. The second-order valence-electron chi connectivity index (χ2n) is 3.85. The molecule has 4 nitrogen and oxygen atoms in total. The number of aliphatic imine (C=N–C) groups is 1. The molecule has 1 amide bonds. The Balaban J connectivity index is 1.93. The molecule has 1 aliphatic rings. The molecule has 0 aliphatic carbocycles. The van der Waals surface area contributed by atoms with Crippen LogP contribution in [0, 0.1) is 0 Å². The quantitative estimate of drug-likeness (QED) is 0.905. The van der Waals surface area contributed by atoms with Crippen molar-refractivity contribution >= 4 is 22.8 Å². The molecule has 0 unspecified atom stereocenters. The van der Waals surface area contributed by atoms with Crippen LogP contribution in [0.3, 0.4) is 0 Å². The van der Waals surface area contributed by atoms with E-state index < -0.39 is 6.10 Å². The molecular weight excluding hydrogens is 248 g/mol. The topological polar surface area (TPSA) is 50.7 Å². The van der Waals surface area contributed by atoms with Gasteiger partial charge >= 0.3 is 0 Å². The molecule has 18 heavy (non-hydrogen) atoms. The van der Waals surface area contributed by atoms with Gasteiger partial charge in [-0.1, -0.05) is 36.9 Å². The van der Waals surface area contributed by atoms with Crippen molar-refractivity contribution in [3.05, 3.63) is 30.3 Å². The van der Waals surface area contributed by atoms with Gasteiger partial charge in [0.15, 0.2) is 11.3 Å². The number of nitrogens with zero attached hydrogens (tertiary/aromatic N) is 1. The van der Waals surface area contributed by atoms with Crippen LogP contribution in [0.2, 0.25) is 0 Å². The molecule has 1 N–H and O–H groups in total. The standard InChI is InChI=1S/C13H16N2O2S/c1-2-11(17-10-6-4-3-5-7-10)12(16)15-13-14-8-9-18-13/h3-7,11H,2,8-9H2,1H3,(H,14,15,16)/t11-/m0/s1. The lowest BCUT2D eigenvalue weighted by atomic mass is 10.2. The first-order valence-electron chi connectivity index (χ1n) is 5.99. The smallest absolute Gasteiger partial charge is 0.266 e. The molecule has 0 saturated heterocycles. The highest BCUT2D eigenvalue weighted by Gasteiger charge is 2.20. The van der Waals surface area contributed by atoms with Crippen molar-refractivity contribution in [2.24, 2.45) is 4.99 Å². The average molecular weight is 264 g/mol. The minimum absolute atomic E-state index is 0.130. The number of hydrogen-bond acceptors (Lipinski definition) is 4. The van der Waals surface area contributed by atoms with Crippen molar-refractivity contribution < 1.29 is 9.53 Å². The summed E-state index contributed by atoms with van der Waals surface area (Å²) in [6.07, 6.45) is 0.148. The molecule has 96 valence electrons. The molecule has 5 heteroatoms. The Morgan fingerprint density at radius 3 is 2.89 bits per heavy atom. The molecule has 1 aromatic carbocycles. The van der Waals surface area contributed by atoms with E-state index >= 15 is 0 Å². The number of carbonyl (C=O) groups is 1. The SMILES string of the molecule is CC[C@H](Oc1ccccc1)C(=O)NC1=NCCS1. The van der Waals surface area contributed by atoms with Crippen LogP contribution in [0.25, 0.3) is 0 Å². The summed E-state index contributed by atoms with van der Waals surface area (Å²) in [7, 11) is 0. The van der Waals surface area contributed by atoms with Gasteiger partial charge in [0.25, 0.3) is 5.91 Å². The summed E-state index contributed by atoms with van der Waals surface area (Å²) in [5.41, 5.74) is 0. The lowest BCUT2D eigenvalue weighted by molar-refractivity contribution is -0.126. The van der Waals surface area contributed by atoms with Crippen molar-refractivity contribution in [3.8, 4) is 5.75 Å². The van der Waals surface area contributed by atoms with Gasteiger partial charge in [0.2, 0.25) is 0 Å². The Morgan fingerprint density at radius 1 is 1.50 bits per heavy atom. The third-order valence-corrected chi connectivity index (χ3v) is 3.39. The van der Waals surface area contributed by atoms with Crippen molar-refractivity contribution in [2.75, 3.05) is 12.3 Å². The van der Waals surface area contributed by atoms with Crippen LogP contribution in [0.4, 0.5) is 0 Å². The van der Waals surface area contributed by atoms with E-state index in [4.69, 9.17) is 4.74 Å². The van der Waals surface area contributed by atoms with Gasteiger partial charge in [0.1, 0.15) is 5.75 Å². The maximum atomic E-state index is 12.0. The van der Waals surface area contributed by atoms with Crippen LogP contribution in [0.15, 0.2) is 35.3 Å². The lowest BCUT2D eigenvalue weighted by Crippen LogP contribution is -2.39. The highest BCUT2D eigenvalue weighted by atomic mass is 32.2. The first-order valence-corrected chi connectivity index (χ1v) is 6.98. The number of nitrogens with one attached hydrogen (secondary N) is 1. The van der Waals surface area contributed by atoms with E-state index in [1.807, 2.05) is 37.3 Å². The van der Waals surface area contributed by atoms with E-state index in [2.05, 4.69) is 10.3 Å². The number of rotatable bonds is 4. The molecular formula is C13H16N2O2S. The van der Waals surface area contributed by atoms with E-state index in [0.29, 0.717) is 17.3 Å². The molecule has 1 heterocycles. The van der Waals surface area contributed by atoms with Gasteiger partial charge in [0.05, 0.1) is 6.54 Å². The number of amidine groups is 1. The number of thioether (sulfide) groups is 1. The summed E-state index contributed by atoms with van der Waals surface area (Å²) in [6.45, 7) is 2.70. The third kappa shape index (κ3) is 3.50. The fraction of sp³-hybridized carbons (Fsp3) is 0.385. The molecule has 0 spiro atoms. The predicted molar refractivity (Wildman–Crippen MR) is 74.1 cm³/mol. The van der Waals surface area contributed by atoms with Crippen LogP contribution >= 0.6 is 11.8 Å². The Bertz CT molecular complexity index is 434. The fourth-order valence-electron chi connectivity index (χ4n) is 1.58. The number of para-hydroxylation sites is 1. The van der Waals surface area contributed by atoms with Crippen LogP contribution < -0.4 is 10.1 Å². The summed E-state index contributed by atoms with van der Waals surface area (Å²) >= 11 is 1.57. The minimum Gasteiger partial charge on any atom is -0.481 e. The lowest BCUT2D eigenvalue weighted by Gasteiger charge is -2.16. The van der Waals surface area contributed by atoms with Crippen LogP contribution in [-0.2, 0) is 4.79 Å². The van der Waals surface area contributed by atoms with Gasteiger partial charge < -0.3 is 10.1 Å². The molecule has 0 bridgehead atoms. The second kappa shape index (κ2) is 6.44. The number of amides is 1. The normalized spacial score (nSPS) is 15.9. The van der Waals surface area contributed by atoms with Crippen molar-refractivity contribution in [1.82, 2.24) is 5.32 Å². The van der Waals surface area contributed by atoms with Crippen LogP contribution in [-0.4, -0.2) is 29.5 Å². The molecule has 2 rings (SSSR count). The summed E-state index contributed by atoms with van der Waals surface area (Å²) in [5.74, 6) is 1.52. The maximum Gasteiger partial charge on any atom is 0.266 e. The van der Waals surface area contributed by atoms with Gasteiger partial charge in [-0.2, -0.15) is 0 Å². The largest absolute Gasteiger partial charge is 0.481 e. The van der Waals surface area contributed by atoms with Crippen molar-refractivity contribution in [3.63, 3.8) is 0 Å². The molecule has 0 aromatic heterocycles. The average Bonchev–Trinajstić information content (AvgIpc) is 2.90. The van der Waals surface area contributed by atoms with Gasteiger partial charge in [-0.15, -0.1) is 0 Å². The summed E-state index contributed by atoms with van der Waals surface area (Å²) in [4.78, 5) is 16.2. The van der Waals surface area contributed by atoms with Crippen LogP contribution in [0.1, 0.15) is 13.3 Å². The van der Waals surface area contributed by atoms with Gasteiger partial charge in [-0.05, 0) is 18.6 Å². The number of carbonyl (C=O) groups excluding carboxylic acids is 1. The number of hydrogen-bond donors (Lipinski definition) is 1. The number of ether oxygens (including phenoxy) is 1. The van der Waals surface area contributed by atoms with E-state index in [1.54, 1.807) is 11.8 Å². The monoisotopic (exact) mass is 264 g/mol. The molecule has 1 aromatic rings. The summed E-state index contributed by atoms with van der Waals surface area (Å²) in [5, 5.41) is 3.50. The highest BCUT2D eigenvalue weighted by molar-refractivity contribution is 8.14. The zero-order valence-electron chi connectivity index (χ0n) is 10.3. The Kier molecular flexibility index (Phi) is 4.64. The van der Waals surface area contributed by atoms with E-state index in [-0.39, 0.29) is 5.91 Å². The Morgan fingerprint density at radius 2 is 2.28 bits per heavy atom. The van der Waals surface area contributed by atoms with Crippen LogP contribution in [0.5, 0.6) is 5.75 Å². The van der Waals surface area contributed by atoms with E-state index in [9.17, 15) is 4.79 Å². The summed E-state index contributed by atoms with van der Waals surface area (Å²) < 4.78 is 5.66. The Labute approximate surface area is 111 Å². The Hall–Kier alpha value is -1.49. The zero-order chi connectivity index (χ0) is 12.8. The summed E-state index contributed by atoms with van der Waals surface area (Å²) in [6, 6.07) is 9.38. The molecule has 1 aliphatic heterocycles. The second-order valence-corrected chi connectivity index (χ2v) is 4.94. The first kappa shape index (κ1) is 13.0. The zero-order valence-corrected chi connectivity index (χ0v) is 11.1. The van der Waals surface area contributed by atoms with E-state index in [0.717, 1.165) is 12.3 Å². The molecule has 0 radical (unpaired) electrons. The van der Waals surface area contributed by atoms with Crippen molar-refractivity contribution in [2.45, 2.75) is 19.4 Å². The fourth-order valence-corrected chi connectivity index (χ4v) is 2.31. The van der Waals surface area contributed by atoms with Gasteiger partial charge in [-0.3, -0.25) is 9.79 Å².